The van der Waals surface area contributed by atoms with Crippen LogP contribution in [0.3, 0.4) is 0 Å². The van der Waals surface area contributed by atoms with Gasteiger partial charge >= 0.3 is 6.16 Å². The van der Waals surface area contributed by atoms with Gasteiger partial charge in [-0.25, -0.2) is 4.79 Å². The van der Waals surface area contributed by atoms with Crippen molar-refractivity contribution < 1.29 is 28.6 Å². The average Bonchev–Trinajstić information content (AvgIpc) is 2.94. The number of carbonyl (C=O) groups is 2. The Morgan fingerprint density at radius 3 is 2.38 bits per heavy atom. The SMILES string of the molecule is COc1c(N)cc(C(C)(C)C)cc1NC(=O)c1ccc(C)c(Oc2ccnc(CC3CCN(OC(=O)OC(C)(C)C)CC3)c2)c1. The molecule has 0 bridgehead atoms. The number of nitrogens with zero attached hydrogens (tertiary/aromatic N) is 2. The molecule has 0 atom stereocenters. The number of hydroxylamine groups is 2. The Morgan fingerprint density at radius 2 is 1.73 bits per heavy atom. The highest BCUT2D eigenvalue weighted by atomic mass is 16.8. The summed E-state index contributed by atoms with van der Waals surface area (Å²) in [5.41, 5.74) is 9.69. The van der Waals surface area contributed by atoms with Crippen LogP contribution in [0.2, 0.25) is 0 Å². The maximum Gasteiger partial charge on any atom is 0.528 e. The molecule has 1 fully saturated rings. The molecule has 1 aliphatic rings. The van der Waals surface area contributed by atoms with E-state index in [2.05, 4.69) is 31.1 Å². The summed E-state index contributed by atoms with van der Waals surface area (Å²) in [5.74, 6) is 1.72. The number of pyridine rings is 1. The van der Waals surface area contributed by atoms with Crippen molar-refractivity contribution in [3.05, 3.63) is 71.0 Å². The molecule has 0 aliphatic carbocycles. The Kier molecular flexibility index (Phi) is 10.3. The lowest BCUT2D eigenvalue weighted by Gasteiger charge is -2.30. The summed E-state index contributed by atoms with van der Waals surface area (Å²) in [4.78, 5) is 35.3. The van der Waals surface area contributed by atoms with Gasteiger partial charge in [0.15, 0.2) is 5.75 Å². The van der Waals surface area contributed by atoms with Gasteiger partial charge in [-0.3, -0.25) is 9.78 Å². The van der Waals surface area contributed by atoms with Crippen LogP contribution < -0.4 is 20.5 Å². The number of aryl methyl sites for hydroxylation is 1. The molecule has 1 saturated heterocycles. The minimum atomic E-state index is -0.677. The van der Waals surface area contributed by atoms with Crippen molar-refractivity contribution in [2.24, 2.45) is 5.92 Å². The fraction of sp³-hybridized carbons (Fsp3) is 0.457. The Hall–Kier alpha value is -4.31. The topological polar surface area (TPSA) is 125 Å². The molecule has 242 valence electrons. The predicted molar refractivity (Wildman–Crippen MR) is 175 cm³/mol. The van der Waals surface area contributed by atoms with Crippen LogP contribution in [-0.2, 0) is 21.4 Å². The van der Waals surface area contributed by atoms with Gasteiger partial charge in [-0.05, 0) is 99.7 Å². The number of piperidine rings is 1. The fourth-order valence-corrected chi connectivity index (χ4v) is 5.08. The van der Waals surface area contributed by atoms with Crippen molar-refractivity contribution in [3.8, 4) is 17.2 Å². The first kappa shape index (κ1) is 33.6. The van der Waals surface area contributed by atoms with Gasteiger partial charge in [0.1, 0.15) is 17.1 Å². The molecule has 2 heterocycles. The van der Waals surface area contributed by atoms with E-state index in [1.54, 1.807) is 29.5 Å². The molecule has 1 amide bonds. The van der Waals surface area contributed by atoms with Crippen molar-refractivity contribution in [2.75, 3.05) is 31.2 Å². The summed E-state index contributed by atoms with van der Waals surface area (Å²) in [6, 6.07) is 12.9. The number of hydrogen-bond acceptors (Lipinski definition) is 9. The molecule has 4 rings (SSSR count). The summed E-state index contributed by atoms with van der Waals surface area (Å²) in [6.45, 7) is 14.9. The normalized spacial score (nSPS) is 14.5. The second-order valence-corrected chi connectivity index (χ2v) is 13.5. The number of amides is 1. The Morgan fingerprint density at radius 1 is 1.02 bits per heavy atom. The van der Waals surface area contributed by atoms with E-state index in [4.69, 9.17) is 24.8 Å². The molecule has 3 N–H and O–H groups in total. The predicted octanol–water partition coefficient (Wildman–Crippen LogP) is 7.44. The van der Waals surface area contributed by atoms with Gasteiger partial charge in [0, 0.05) is 36.6 Å². The maximum atomic E-state index is 13.4. The van der Waals surface area contributed by atoms with Crippen molar-refractivity contribution in [1.82, 2.24) is 10.0 Å². The van der Waals surface area contributed by atoms with Crippen LogP contribution in [0.5, 0.6) is 17.2 Å². The first-order valence-electron chi connectivity index (χ1n) is 15.3. The second kappa shape index (κ2) is 13.8. The fourth-order valence-electron chi connectivity index (χ4n) is 5.08. The van der Waals surface area contributed by atoms with E-state index in [0.29, 0.717) is 53.2 Å². The zero-order valence-corrected chi connectivity index (χ0v) is 27.7. The number of aromatic nitrogens is 1. The third-order valence-corrected chi connectivity index (χ3v) is 7.57. The van der Waals surface area contributed by atoms with E-state index in [0.717, 1.165) is 36.1 Å². The van der Waals surface area contributed by atoms with E-state index in [9.17, 15) is 9.59 Å². The number of nitrogens with one attached hydrogen (secondary N) is 1. The molecule has 0 saturated carbocycles. The first-order chi connectivity index (χ1) is 21.1. The summed E-state index contributed by atoms with van der Waals surface area (Å²) < 4.78 is 17.0. The van der Waals surface area contributed by atoms with Gasteiger partial charge in [-0.15, -0.1) is 5.06 Å². The molecular weight excluding hydrogens is 572 g/mol. The standard InChI is InChI=1S/C35H46N4O6/c1-22-9-10-24(32(40)38-29-20-25(34(2,3)4)19-28(36)31(29)42-8)18-30(22)43-27-11-14-37-26(21-27)17-23-12-15-39(16-13-23)45-33(41)44-35(5,6)7/h9-11,14,18-21,23H,12-13,15-17,36H2,1-8H3,(H,38,40). The van der Waals surface area contributed by atoms with Gasteiger partial charge in [0.25, 0.3) is 5.91 Å². The van der Waals surface area contributed by atoms with Gasteiger partial charge < -0.3 is 30.1 Å². The second-order valence-electron chi connectivity index (χ2n) is 13.5. The highest BCUT2D eigenvalue weighted by molar-refractivity contribution is 6.06. The third-order valence-electron chi connectivity index (χ3n) is 7.57. The minimum absolute atomic E-state index is 0.165. The third kappa shape index (κ3) is 9.34. The van der Waals surface area contributed by atoms with Crippen molar-refractivity contribution >= 4 is 23.4 Å². The van der Waals surface area contributed by atoms with Crippen molar-refractivity contribution in [1.29, 1.82) is 0 Å². The molecule has 2 aromatic carbocycles. The van der Waals surface area contributed by atoms with Crippen LogP contribution in [0.4, 0.5) is 16.2 Å². The highest BCUT2D eigenvalue weighted by Gasteiger charge is 2.26. The monoisotopic (exact) mass is 618 g/mol. The number of nitrogen functional groups attached to an aromatic ring is 1. The van der Waals surface area contributed by atoms with Gasteiger partial charge in [0.05, 0.1) is 18.5 Å². The van der Waals surface area contributed by atoms with E-state index >= 15 is 0 Å². The molecule has 0 spiro atoms. The summed E-state index contributed by atoms with van der Waals surface area (Å²) in [7, 11) is 1.53. The minimum Gasteiger partial charge on any atom is -0.492 e. The number of ether oxygens (including phenoxy) is 3. The van der Waals surface area contributed by atoms with Crippen LogP contribution in [0.25, 0.3) is 0 Å². The molecule has 45 heavy (non-hydrogen) atoms. The number of anilines is 2. The number of hydrogen-bond donors (Lipinski definition) is 2. The molecule has 1 aromatic heterocycles. The highest BCUT2D eigenvalue weighted by Crippen LogP contribution is 2.37. The Labute approximate surface area is 266 Å². The van der Waals surface area contributed by atoms with E-state index in [1.807, 2.05) is 52.0 Å². The van der Waals surface area contributed by atoms with Gasteiger partial charge in [-0.1, -0.05) is 26.8 Å². The molecular formula is C35H46N4O6. The molecule has 10 heteroatoms. The van der Waals surface area contributed by atoms with Crippen LogP contribution >= 0.6 is 0 Å². The summed E-state index contributed by atoms with van der Waals surface area (Å²) in [6.07, 6.45) is 3.55. The zero-order chi connectivity index (χ0) is 32.9. The van der Waals surface area contributed by atoms with Crippen molar-refractivity contribution in [2.45, 2.75) is 78.7 Å². The lowest BCUT2D eigenvalue weighted by atomic mass is 9.86. The van der Waals surface area contributed by atoms with Crippen LogP contribution in [0, 0.1) is 12.8 Å². The zero-order valence-electron chi connectivity index (χ0n) is 27.7. The van der Waals surface area contributed by atoms with Gasteiger partial charge in [0.2, 0.25) is 0 Å². The number of nitrogens with two attached hydrogens (primary N) is 1. The van der Waals surface area contributed by atoms with E-state index < -0.39 is 11.8 Å². The lowest BCUT2D eigenvalue weighted by Crippen LogP contribution is -2.38. The Bertz CT molecular complexity index is 1520. The average molecular weight is 619 g/mol. The van der Waals surface area contributed by atoms with E-state index in [1.165, 1.54) is 7.11 Å². The van der Waals surface area contributed by atoms with Crippen LogP contribution in [0.15, 0.2) is 48.7 Å². The number of carbonyl (C=O) groups excluding carboxylic acids is 2. The number of methoxy groups -OCH3 is 1. The lowest BCUT2D eigenvalue weighted by molar-refractivity contribution is -0.155. The molecule has 3 aromatic rings. The Balaban J connectivity index is 1.40. The van der Waals surface area contributed by atoms with E-state index in [-0.39, 0.29) is 11.3 Å². The van der Waals surface area contributed by atoms with Gasteiger partial charge in [-0.2, -0.15) is 0 Å². The smallest absolute Gasteiger partial charge is 0.492 e. The van der Waals surface area contributed by atoms with Crippen LogP contribution in [-0.4, -0.2) is 47.9 Å². The maximum absolute atomic E-state index is 13.4. The molecule has 1 aliphatic heterocycles. The molecule has 10 nitrogen and oxygen atoms in total. The first-order valence-corrected chi connectivity index (χ1v) is 15.3. The molecule has 0 unspecified atom stereocenters. The molecule has 0 radical (unpaired) electrons. The summed E-state index contributed by atoms with van der Waals surface area (Å²) in [5, 5.41) is 4.63. The number of benzene rings is 2. The summed E-state index contributed by atoms with van der Waals surface area (Å²) >= 11 is 0. The largest absolute Gasteiger partial charge is 0.528 e. The number of rotatable bonds is 8. The van der Waals surface area contributed by atoms with Crippen molar-refractivity contribution in [3.63, 3.8) is 0 Å². The van der Waals surface area contributed by atoms with Crippen LogP contribution in [0.1, 0.15) is 81.6 Å². The quantitative estimate of drug-likeness (QED) is 0.196.